The van der Waals surface area contributed by atoms with E-state index in [1.54, 1.807) is 18.4 Å². The van der Waals surface area contributed by atoms with Crippen molar-refractivity contribution in [3.8, 4) is 17.0 Å². The van der Waals surface area contributed by atoms with Gasteiger partial charge in [-0.25, -0.2) is 4.98 Å². The van der Waals surface area contributed by atoms with Gasteiger partial charge in [-0.05, 0) is 59.8 Å². The molecule has 0 fully saturated rings. The minimum Gasteiger partial charge on any atom is -0.497 e. The van der Waals surface area contributed by atoms with Gasteiger partial charge in [0.15, 0.2) is 0 Å². The maximum absolute atomic E-state index is 5.37. The first kappa shape index (κ1) is 19.1. The van der Waals surface area contributed by atoms with Crippen LogP contribution in [0.15, 0.2) is 69.8 Å². The molecule has 1 atom stereocenters. The smallest absolute Gasteiger partial charge is 0.121 e. The van der Waals surface area contributed by atoms with E-state index in [-0.39, 0.29) is 6.04 Å². The number of methoxy groups -OCH3 is 1. The Kier molecular flexibility index (Phi) is 5.76. The van der Waals surface area contributed by atoms with Crippen molar-refractivity contribution in [2.75, 3.05) is 7.11 Å². The lowest BCUT2D eigenvalue weighted by molar-refractivity contribution is 0.415. The highest BCUT2D eigenvalue weighted by molar-refractivity contribution is 9.10. The zero-order valence-electron chi connectivity index (χ0n) is 15.8. The molecule has 1 N–H and O–H groups in total. The van der Waals surface area contributed by atoms with Gasteiger partial charge in [0.05, 0.1) is 18.3 Å². The Bertz CT molecular complexity index is 1080. The number of fused-ring (bicyclic) bond motifs is 1. The zero-order valence-corrected chi connectivity index (χ0v) is 18.2. The third-order valence-corrected chi connectivity index (χ3v) is 6.08. The maximum Gasteiger partial charge on any atom is 0.121 e. The van der Waals surface area contributed by atoms with Crippen molar-refractivity contribution in [2.45, 2.75) is 19.5 Å². The second-order valence-corrected chi connectivity index (χ2v) is 8.42. The Labute approximate surface area is 177 Å². The van der Waals surface area contributed by atoms with Gasteiger partial charge in [-0.15, -0.1) is 0 Å². The molecule has 28 heavy (non-hydrogen) atoms. The van der Waals surface area contributed by atoms with Crippen LogP contribution in [0.25, 0.3) is 22.2 Å². The van der Waals surface area contributed by atoms with E-state index in [1.807, 2.05) is 12.1 Å². The van der Waals surface area contributed by atoms with Gasteiger partial charge < -0.3 is 10.1 Å². The fourth-order valence-corrected chi connectivity index (χ4v) is 4.14. The van der Waals surface area contributed by atoms with Crippen molar-refractivity contribution in [2.24, 2.45) is 0 Å². The van der Waals surface area contributed by atoms with E-state index in [0.717, 1.165) is 38.9 Å². The molecule has 0 spiro atoms. The van der Waals surface area contributed by atoms with E-state index >= 15 is 0 Å². The van der Waals surface area contributed by atoms with Gasteiger partial charge >= 0.3 is 0 Å². The van der Waals surface area contributed by atoms with Gasteiger partial charge in [0.25, 0.3) is 0 Å². The number of ether oxygens (including phenoxy) is 1. The first-order chi connectivity index (χ1) is 13.6. The molecule has 4 rings (SSSR count). The van der Waals surface area contributed by atoms with Crippen LogP contribution in [-0.2, 0) is 6.54 Å². The molecule has 0 radical (unpaired) electrons. The predicted molar refractivity (Wildman–Crippen MR) is 121 cm³/mol. The van der Waals surface area contributed by atoms with Crippen molar-refractivity contribution < 1.29 is 4.74 Å². The summed E-state index contributed by atoms with van der Waals surface area (Å²) in [5.74, 6) is 0.825. The van der Waals surface area contributed by atoms with E-state index < -0.39 is 0 Å². The number of aromatic nitrogens is 1. The van der Waals surface area contributed by atoms with Crippen molar-refractivity contribution in [3.63, 3.8) is 0 Å². The summed E-state index contributed by atoms with van der Waals surface area (Å²) in [5.41, 5.74) is 5.59. The van der Waals surface area contributed by atoms with Crippen molar-refractivity contribution in [3.05, 3.63) is 81.0 Å². The quantitative estimate of drug-likeness (QED) is 0.358. The summed E-state index contributed by atoms with van der Waals surface area (Å²) in [6, 6.07) is 19.1. The van der Waals surface area contributed by atoms with Crippen LogP contribution in [0.2, 0.25) is 0 Å². The molecule has 0 bridgehead atoms. The molecule has 0 amide bonds. The standard InChI is InChI=1S/C23H21BrN2OS/c1-15(16-3-6-20(24)7-4-16)25-13-19-11-17-5-8-21(27-2)12-22(17)26-23(19)18-9-10-28-14-18/h3-12,14-15,25H,13H2,1-2H3/t15-/m0/s1. The highest BCUT2D eigenvalue weighted by Crippen LogP contribution is 2.29. The summed E-state index contributed by atoms with van der Waals surface area (Å²) >= 11 is 5.19. The highest BCUT2D eigenvalue weighted by Gasteiger charge is 2.12. The largest absolute Gasteiger partial charge is 0.497 e. The second-order valence-electron chi connectivity index (χ2n) is 6.72. The Morgan fingerprint density at radius 1 is 1.11 bits per heavy atom. The summed E-state index contributed by atoms with van der Waals surface area (Å²) < 4.78 is 6.46. The number of pyridine rings is 1. The van der Waals surface area contributed by atoms with E-state index in [9.17, 15) is 0 Å². The third-order valence-electron chi connectivity index (χ3n) is 4.87. The van der Waals surface area contributed by atoms with Crippen molar-refractivity contribution >= 4 is 38.2 Å². The van der Waals surface area contributed by atoms with Gasteiger partial charge in [0, 0.05) is 39.5 Å². The van der Waals surface area contributed by atoms with Crippen LogP contribution in [0.3, 0.4) is 0 Å². The number of hydrogen-bond donors (Lipinski definition) is 1. The topological polar surface area (TPSA) is 34.1 Å². The average Bonchev–Trinajstić information content (AvgIpc) is 3.26. The SMILES string of the molecule is COc1ccc2cc(CN[C@@H](C)c3ccc(Br)cc3)c(-c3ccsc3)nc2c1. The normalized spacial score (nSPS) is 12.2. The lowest BCUT2D eigenvalue weighted by atomic mass is 10.0. The molecule has 142 valence electrons. The Balaban J connectivity index is 1.66. The minimum atomic E-state index is 0.245. The molecule has 0 aliphatic heterocycles. The number of nitrogens with zero attached hydrogens (tertiary/aromatic N) is 1. The molecule has 2 aromatic heterocycles. The number of rotatable bonds is 6. The Morgan fingerprint density at radius 2 is 1.93 bits per heavy atom. The van der Waals surface area contributed by atoms with E-state index in [1.165, 1.54) is 11.1 Å². The maximum atomic E-state index is 5.37. The second kappa shape index (κ2) is 8.43. The number of halogens is 1. The molecule has 0 aliphatic carbocycles. The van der Waals surface area contributed by atoms with Gasteiger partial charge in [0.1, 0.15) is 5.75 Å². The highest BCUT2D eigenvalue weighted by atomic mass is 79.9. The molecule has 5 heteroatoms. The van der Waals surface area contributed by atoms with Crippen LogP contribution in [0.5, 0.6) is 5.75 Å². The summed E-state index contributed by atoms with van der Waals surface area (Å²) in [6.45, 7) is 2.93. The zero-order chi connectivity index (χ0) is 19.5. The monoisotopic (exact) mass is 452 g/mol. The van der Waals surface area contributed by atoms with Crippen LogP contribution in [0.1, 0.15) is 24.1 Å². The van der Waals surface area contributed by atoms with Gasteiger partial charge in [-0.2, -0.15) is 11.3 Å². The number of hydrogen-bond acceptors (Lipinski definition) is 4. The number of benzene rings is 2. The third kappa shape index (κ3) is 4.12. The number of thiophene rings is 1. The fourth-order valence-electron chi connectivity index (χ4n) is 3.23. The lowest BCUT2D eigenvalue weighted by Crippen LogP contribution is -2.18. The lowest BCUT2D eigenvalue weighted by Gasteiger charge is -2.17. The molecule has 0 unspecified atom stereocenters. The summed E-state index contributed by atoms with van der Waals surface area (Å²) in [7, 11) is 1.68. The van der Waals surface area contributed by atoms with Crippen LogP contribution in [0, 0.1) is 0 Å². The molecule has 2 heterocycles. The number of nitrogens with one attached hydrogen (secondary N) is 1. The van der Waals surface area contributed by atoms with Gasteiger partial charge in [0.2, 0.25) is 0 Å². The van der Waals surface area contributed by atoms with E-state index in [0.29, 0.717) is 0 Å². The molecule has 2 aromatic carbocycles. The van der Waals surface area contributed by atoms with Crippen molar-refractivity contribution in [1.82, 2.24) is 10.3 Å². The summed E-state index contributed by atoms with van der Waals surface area (Å²) in [4.78, 5) is 4.97. The molecule has 3 nitrogen and oxygen atoms in total. The first-order valence-corrected chi connectivity index (χ1v) is 10.9. The van der Waals surface area contributed by atoms with E-state index in [2.05, 4.69) is 81.4 Å². The van der Waals surface area contributed by atoms with Crippen LogP contribution in [0.4, 0.5) is 0 Å². The van der Waals surface area contributed by atoms with E-state index in [4.69, 9.17) is 9.72 Å². The molecule has 0 aliphatic rings. The van der Waals surface area contributed by atoms with Gasteiger partial charge in [-0.1, -0.05) is 28.1 Å². The summed E-state index contributed by atoms with van der Waals surface area (Å²) in [5, 5.41) is 9.01. The van der Waals surface area contributed by atoms with Gasteiger partial charge in [-0.3, -0.25) is 0 Å². The molecular formula is C23H21BrN2OS. The van der Waals surface area contributed by atoms with Crippen LogP contribution in [-0.4, -0.2) is 12.1 Å². The predicted octanol–water partition coefficient (Wildman–Crippen LogP) is 6.59. The molecular weight excluding hydrogens is 432 g/mol. The first-order valence-electron chi connectivity index (χ1n) is 9.13. The summed E-state index contributed by atoms with van der Waals surface area (Å²) in [6.07, 6.45) is 0. The average molecular weight is 453 g/mol. The molecule has 0 saturated heterocycles. The minimum absolute atomic E-state index is 0.245. The van der Waals surface area contributed by atoms with Crippen LogP contribution < -0.4 is 10.1 Å². The fraction of sp³-hybridized carbons (Fsp3) is 0.174. The Morgan fingerprint density at radius 3 is 2.64 bits per heavy atom. The van der Waals surface area contributed by atoms with Crippen LogP contribution >= 0.6 is 27.3 Å². The molecule has 4 aromatic rings. The molecule has 0 saturated carbocycles. The van der Waals surface area contributed by atoms with Crippen molar-refractivity contribution in [1.29, 1.82) is 0 Å². The Hall–Kier alpha value is -2.21.